The van der Waals surface area contributed by atoms with Crippen molar-refractivity contribution in [2.75, 3.05) is 0 Å². The van der Waals surface area contributed by atoms with E-state index in [1.807, 2.05) is 0 Å². The highest BCUT2D eigenvalue weighted by Crippen LogP contribution is 2.54. The lowest BCUT2D eigenvalue weighted by Crippen LogP contribution is -2.48. The second-order valence-corrected chi connectivity index (χ2v) is 6.58. The standard InChI is InChI=1S/C15H26O/c1-10(2)12-7-9-15(4)8-5-6-11(3)13(15)14(12)16/h10,12-14,16H,3,5-9H2,1-2,4H3/t12-,13+,14?,15+/m1/s1. The Balaban J connectivity index is 2.24. The third-order valence-corrected chi connectivity index (χ3v) is 5.12. The molecule has 2 saturated carbocycles. The van der Waals surface area contributed by atoms with E-state index >= 15 is 0 Å². The minimum Gasteiger partial charge on any atom is -0.392 e. The van der Waals surface area contributed by atoms with Crippen molar-refractivity contribution in [1.29, 1.82) is 0 Å². The molecule has 2 fully saturated rings. The van der Waals surface area contributed by atoms with Crippen molar-refractivity contribution < 1.29 is 5.11 Å². The third kappa shape index (κ3) is 1.84. The molecule has 92 valence electrons. The molecule has 0 aromatic heterocycles. The predicted molar refractivity (Wildman–Crippen MR) is 68.2 cm³/mol. The maximum atomic E-state index is 10.6. The molecule has 16 heavy (non-hydrogen) atoms. The van der Waals surface area contributed by atoms with E-state index in [1.165, 1.54) is 31.3 Å². The number of fused-ring (bicyclic) bond motifs is 1. The van der Waals surface area contributed by atoms with E-state index in [1.54, 1.807) is 0 Å². The fourth-order valence-electron chi connectivity index (χ4n) is 4.10. The number of rotatable bonds is 1. The van der Waals surface area contributed by atoms with Crippen molar-refractivity contribution >= 4 is 0 Å². The molecule has 1 heteroatoms. The lowest BCUT2D eigenvalue weighted by atomic mass is 9.54. The Kier molecular flexibility index (Phi) is 3.18. The van der Waals surface area contributed by atoms with Gasteiger partial charge >= 0.3 is 0 Å². The van der Waals surface area contributed by atoms with Gasteiger partial charge in [0, 0.05) is 5.92 Å². The van der Waals surface area contributed by atoms with Gasteiger partial charge in [-0.3, -0.25) is 0 Å². The second-order valence-electron chi connectivity index (χ2n) is 6.58. The van der Waals surface area contributed by atoms with Crippen LogP contribution in [0.2, 0.25) is 0 Å². The van der Waals surface area contributed by atoms with Crippen molar-refractivity contribution in [3.63, 3.8) is 0 Å². The summed E-state index contributed by atoms with van der Waals surface area (Å²) in [6.07, 6.45) is 5.99. The smallest absolute Gasteiger partial charge is 0.0641 e. The van der Waals surface area contributed by atoms with E-state index in [0.29, 0.717) is 23.2 Å². The van der Waals surface area contributed by atoms with Crippen LogP contribution in [0, 0.1) is 23.2 Å². The molecule has 0 aliphatic heterocycles. The van der Waals surface area contributed by atoms with Crippen LogP contribution in [0.4, 0.5) is 0 Å². The molecule has 0 spiro atoms. The van der Waals surface area contributed by atoms with E-state index < -0.39 is 0 Å². The molecule has 0 bridgehead atoms. The molecule has 2 rings (SSSR count). The quantitative estimate of drug-likeness (QED) is 0.669. The highest BCUT2D eigenvalue weighted by Gasteiger charge is 2.48. The largest absolute Gasteiger partial charge is 0.392 e. The Morgan fingerprint density at radius 2 is 2.06 bits per heavy atom. The van der Waals surface area contributed by atoms with Crippen LogP contribution in [0.25, 0.3) is 0 Å². The van der Waals surface area contributed by atoms with Crippen molar-refractivity contribution in [2.45, 2.75) is 59.0 Å². The van der Waals surface area contributed by atoms with Gasteiger partial charge in [0.25, 0.3) is 0 Å². The lowest BCUT2D eigenvalue weighted by Gasteiger charge is -2.52. The molecule has 1 N–H and O–H groups in total. The number of aliphatic hydroxyl groups is 1. The van der Waals surface area contributed by atoms with Gasteiger partial charge in [-0.15, -0.1) is 0 Å². The minimum absolute atomic E-state index is 0.147. The highest BCUT2D eigenvalue weighted by molar-refractivity contribution is 5.15. The molecule has 1 unspecified atom stereocenters. The average molecular weight is 222 g/mol. The van der Waals surface area contributed by atoms with Gasteiger partial charge in [-0.05, 0) is 49.4 Å². The first-order valence-electron chi connectivity index (χ1n) is 6.81. The Hall–Kier alpha value is -0.300. The summed E-state index contributed by atoms with van der Waals surface area (Å²) < 4.78 is 0. The zero-order chi connectivity index (χ0) is 11.9. The zero-order valence-corrected chi connectivity index (χ0v) is 11.0. The first-order chi connectivity index (χ1) is 7.46. The van der Waals surface area contributed by atoms with Crippen LogP contribution >= 0.6 is 0 Å². The molecule has 0 saturated heterocycles. The monoisotopic (exact) mass is 222 g/mol. The molecular formula is C15H26O. The van der Waals surface area contributed by atoms with E-state index in [0.717, 1.165) is 6.42 Å². The van der Waals surface area contributed by atoms with Gasteiger partial charge in [0.15, 0.2) is 0 Å². The molecule has 0 radical (unpaired) electrons. The third-order valence-electron chi connectivity index (χ3n) is 5.12. The maximum Gasteiger partial charge on any atom is 0.0641 e. The van der Waals surface area contributed by atoms with Gasteiger partial charge in [-0.2, -0.15) is 0 Å². The van der Waals surface area contributed by atoms with Gasteiger partial charge in [0.05, 0.1) is 6.10 Å². The molecule has 0 aromatic rings. The van der Waals surface area contributed by atoms with Crippen LogP contribution < -0.4 is 0 Å². The summed E-state index contributed by atoms with van der Waals surface area (Å²) in [7, 11) is 0. The van der Waals surface area contributed by atoms with E-state index in [-0.39, 0.29) is 6.10 Å². The van der Waals surface area contributed by atoms with Crippen LogP contribution in [-0.2, 0) is 0 Å². The molecule has 4 atom stereocenters. The number of hydrogen-bond acceptors (Lipinski definition) is 1. The molecule has 0 amide bonds. The Morgan fingerprint density at radius 1 is 1.38 bits per heavy atom. The van der Waals surface area contributed by atoms with E-state index in [2.05, 4.69) is 27.4 Å². The average Bonchev–Trinajstić information content (AvgIpc) is 2.16. The SMILES string of the molecule is C=C1CCC[C@@]2(C)CC[C@H](C(C)C)C(O)[C@H]12. The van der Waals surface area contributed by atoms with Crippen molar-refractivity contribution in [2.24, 2.45) is 23.2 Å². The molecule has 0 heterocycles. The Morgan fingerprint density at radius 3 is 2.69 bits per heavy atom. The summed E-state index contributed by atoms with van der Waals surface area (Å²) in [6.45, 7) is 11.1. The van der Waals surface area contributed by atoms with Crippen molar-refractivity contribution in [3.05, 3.63) is 12.2 Å². The topological polar surface area (TPSA) is 20.2 Å². The summed E-state index contributed by atoms with van der Waals surface area (Å²) in [5.74, 6) is 1.43. The Bertz CT molecular complexity index is 281. The molecule has 1 nitrogen and oxygen atoms in total. The van der Waals surface area contributed by atoms with Crippen LogP contribution in [0.15, 0.2) is 12.2 Å². The second kappa shape index (κ2) is 4.18. The summed E-state index contributed by atoms with van der Waals surface area (Å²) >= 11 is 0. The zero-order valence-electron chi connectivity index (χ0n) is 11.0. The molecule has 2 aliphatic carbocycles. The van der Waals surface area contributed by atoms with Crippen molar-refractivity contribution in [3.8, 4) is 0 Å². The molecule has 0 aromatic carbocycles. The van der Waals surface area contributed by atoms with Crippen LogP contribution in [-0.4, -0.2) is 11.2 Å². The Labute approximate surface area is 99.9 Å². The highest BCUT2D eigenvalue weighted by atomic mass is 16.3. The van der Waals surface area contributed by atoms with Gasteiger partial charge < -0.3 is 5.11 Å². The first-order valence-corrected chi connectivity index (χ1v) is 6.81. The lowest BCUT2D eigenvalue weighted by molar-refractivity contribution is -0.0669. The van der Waals surface area contributed by atoms with E-state index in [4.69, 9.17) is 0 Å². The van der Waals surface area contributed by atoms with Gasteiger partial charge in [-0.1, -0.05) is 32.9 Å². The van der Waals surface area contributed by atoms with Gasteiger partial charge in [0.1, 0.15) is 0 Å². The number of aliphatic hydroxyl groups excluding tert-OH is 1. The number of hydrogen-bond donors (Lipinski definition) is 1. The van der Waals surface area contributed by atoms with E-state index in [9.17, 15) is 5.11 Å². The van der Waals surface area contributed by atoms with Crippen LogP contribution in [0.5, 0.6) is 0 Å². The van der Waals surface area contributed by atoms with Crippen LogP contribution in [0.3, 0.4) is 0 Å². The summed E-state index contributed by atoms with van der Waals surface area (Å²) in [5, 5.41) is 10.6. The molecular weight excluding hydrogens is 196 g/mol. The minimum atomic E-state index is -0.147. The van der Waals surface area contributed by atoms with Gasteiger partial charge in [0.2, 0.25) is 0 Å². The summed E-state index contributed by atoms with van der Waals surface area (Å²) in [5.41, 5.74) is 1.65. The first kappa shape index (κ1) is 12.2. The fourth-order valence-corrected chi connectivity index (χ4v) is 4.10. The summed E-state index contributed by atoms with van der Waals surface area (Å²) in [4.78, 5) is 0. The predicted octanol–water partition coefficient (Wildman–Crippen LogP) is 3.78. The van der Waals surface area contributed by atoms with Crippen LogP contribution in [0.1, 0.15) is 52.9 Å². The maximum absolute atomic E-state index is 10.6. The molecule has 2 aliphatic rings. The fraction of sp³-hybridized carbons (Fsp3) is 0.867. The van der Waals surface area contributed by atoms with Crippen molar-refractivity contribution in [1.82, 2.24) is 0 Å². The van der Waals surface area contributed by atoms with Gasteiger partial charge in [-0.25, -0.2) is 0 Å². The summed E-state index contributed by atoms with van der Waals surface area (Å²) in [6, 6.07) is 0. The normalized spacial score (nSPS) is 44.6.